The zero-order chi connectivity index (χ0) is 29.4. The Balaban J connectivity index is 1.67. The molecule has 1 amide bonds. The van der Waals surface area contributed by atoms with Crippen LogP contribution in [0.4, 0.5) is 0 Å². The average Bonchev–Trinajstić information content (AvgIpc) is 3.52. The van der Waals surface area contributed by atoms with E-state index < -0.39 is 0 Å². The summed E-state index contributed by atoms with van der Waals surface area (Å²) in [4.78, 5) is 23.6. The van der Waals surface area contributed by atoms with Gasteiger partial charge in [-0.25, -0.2) is 4.98 Å². The van der Waals surface area contributed by atoms with Crippen LogP contribution in [0.3, 0.4) is 0 Å². The minimum Gasteiger partial charge on any atom is -0.339 e. The van der Waals surface area contributed by atoms with E-state index in [1.165, 1.54) is 22.1 Å². The van der Waals surface area contributed by atoms with Crippen molar-refractivity contribution in [1.82, 2.24) is 19.4 Å². The number of rotatable bonds is 16. The van der Waals surface area contributed by atoms with Gasteiger partial charge in [0.25, 0.3) is 5.91 Å². The van der Waals surface area contributed by atoms with Gasteiger partial charge in [-0.15, -0.1) is 11.3 Å². The second kappa shape index (κ2) is 15.0. The van der Waals surface area contributed by atoms with Crippen LogP contribution in [0, 0.1) is 11.8 Å². The summed E-state index contributed by atoms with van der Waals surface area (Å²) >= 11 is 1.80. The van der Waals surface area contributed by atoms with Crippen molar-refractivity contribution in [3.05, 3.63) is 64.8 Å². The van der Waals surface area contributed by atoms with Gasteiger partial charge < -0.3 is 14.4 Å². The maximum absolute atomic E-state index is 13.8. The quantitative estimate of drug-likeness (QED) is 0.135. The molecule has 2 aromatic heterocycles. The molecule has 0 atom stereocenters. The molecule has 0 saturated carbocycles. The van der Waals surface area contributed by atoms with Crippen molar-refractivity contribution >= 4 is 38.4 Å². The number of hydrogen-bond acceptors (Lipinski definition) is 4. The monoisotopic (exact) mass is 574 g/mol. The second-order valence-corrected chi connectivity index (χ2v) is 13.2. The highest BCUT2D eigenvalue weighted by Crippen LogP contribution is 2.29. The minimum absolute atomic E-state index is 0.145. The van der Waals surface area contributed by atoms with Crippen LogP contribution in [0.25, 0.3) is 21.1 Å². The molecule has 0 radical (unpaired) electrons. The van der Waals surface area contributed by atoms with Crippen molar-refractivity contribution in [2.45, 2.75) is 80.2 Å². The number of amides is 1. The highest BCUT2D eigenvalue weighted by Gasteiger charge is 2.20. The number of carbonyl (C=O) groups excluding carboxylic acids is 1. The van der Waals surface area contributed by atoms with Crippen molar-refractivity contribution in [3.8, 4) is 0 Å². The Kier molecular flexibility index (Phi) is 11.4. The second-order valence-electron chi connectivity index (χ2n) is 12.3. The van der Waals surface area contributed by atoms with Crippen LogP contribution in [-0.4, -0.2) is 58.0 Å². The van der Waals surface area contributed by atoms with Crippen LogP contribution in [-0.2, 0) is 13.0 Å². The Morgan fingerprint density at radius 3 is 2.37 bits per heavy atom. The predicted molar refractivity (Wildman–Crippen MR) is 176 cm³/mol. The lowest BCUT2D eigenvalue weighted by Crippen LogP contribution is -2.34. The van der Waals surface area contributed by atoms with Crippen LogP contribution >= 0.6 is 11.3 Å². The molecule has 0 unspecified atom stereocenters. The SMILES string of the molecule is CCCN(CC)CCCn1c(Cc2csc3ccccc23)nc2ccc(C(=O)N(CCC(C)C)CCC(C)C)cc21. The summed E-state index contributed by atoms with van der Waals surface area (Å²) in [6, 6.07) is 14.8. The maximum Gasteiger partial charge on any atom is 0.253 e. The van der Waals surface area contributed by atoms with E-state index in [1.807, 2.05) is 6.07 Å². The van der Waals surface area contributed by atoms with Crippen LogP contribution in [0.2, 0.25) is 0 Å². The van der Waals surface area contributed by atoms with Gasteiger partial charge in [0, 0.05) is 36.3 Å². The Morgan fingerprint density at radius 1 is 0.951 bits per heavy atom. The van der Waals surface area contributed by atoms with Crippen LogP contribution in [0.1, 0.15) is 89.0 Å². The van der Waals surface area contributed by atoms with Crippen LogP contribution < -0.4 is 0 Å². The van der Waals surface area contributed by atoms with E-state index in [0.717, 1.165) is 87.4 Å². The van der Waals surface area contributed by atoms with Crippen LogP contribution in [0.15, 0.2) is 47.8 Å². The third-order valence-electron chi connectivity index (χ3n) is 8.07. The summed E-state index contributed by atoms with van der Waals surface area (Å²) in [5.74, 6) is 2.37. The molecule has 2 heterocycles. The molecular weight excluding hydrogens is 524 g/mol. The summed E-state index contributed by atoms with van der Waals surface area (Å²) in [5, 5.41) is 3.60. The molecule has 222 valence electrons. The van der Waals surface area contributed by atoms with Crippen molar-refractivity contribution in [3.63, 3.8) is 0 Å². The molecule has 0 bridgehead atoms. The summed E-state index contributed by atoms with van der Waals surface area (Å²) in [6.45, 7) is 19.2. The third kappa shape index (κ3) is 8.20. The third-order valence-corrected chi connectivity index (χ3v) is 9.08. The van der Waals surface area contributed by atoms with Crippen molar-refractivity contribution in [1.29, 1.82) is 0 Å². The summed E-state index contributed by atoms with van der Waals surface area (Å²) in [7, 11) is 0. The number of thiophene rings is 1. The largest absolute Gasteiger partial charge is 0.339 e. The van der Waals surface area contributed by atoms with E-state index in [1.54, 1.807) is 11.3 Å². The topological polar surface area (TPSA) is 41.4 Å². The first kappa shape index (κ1) is 31.2. The van der Waals surface area contributed by atoms with Crippen molar-refractivity contribution in [2.24, 2.45) is 11.8 Å². The molecule has 0 aliphatic rings. The van der Waals surface area contributed by atoms with Crippen molar-refractivity contribution in [2.75, 3.05) is 32.7 Å². The molecule has 0 N–H and O–H groups in total. The smallest absolute Gasteiger partial charge is 0.253 e. The maximum atomic E-state index is 13.8. The molecule has 0 spiro atoms. The number of nitrogens with zero attached hydrogens (tertiary/aromatic N) is 4. The predicted octanol–water partition coefficient (Wildman–Crippen LogP) is 8.50. The van der Waals surface area contributed by atoms with Gasteiger partial charge in [0.2, 0.25) is 0 Å². The van der Waals surface area contributed by atoms with Gasteiger partial charge >= 0.3 is 0 Å². The highest BCUT2D eigenvalue weighted by molar-refractivity contribution is 7.17. The zero-order valence-electron chi connectivity index (χ0n) is 26.2. The number of aromatic nitrogens is 2. The minimum atomic E-state index is 0.145. The molecule has 41 heavy (non-hydrogen) atoms. The molecule has 0 aliphatic carbocycles. The molecule has 4 rings (SSSR count). The first-order valence-corrected chi connectivity index (χ1v) is 16.6. The molecular formula is C35H50N4OS. The first-order chi connectivity index (χ1) is 19.8. The lowest BCUT2D eigenvalue weighted by atomic mass is 10.1. The number of fused-ring (bicyclic) bond motifs is 2. The van der Waals surface area contributed by atoms with E-state index in [4.69, 9.17) is 4.98 Å². The summed E-state index contributed by atoms with van der Waals surface area (Å²) in [5.41, 5.74) is 4.16. The number of benzene rings is 2. The molecule has 2 aromatic carbocycles. The molecule has 0 aliphatic heterocycles. The lowest BCUT2D eigenvalue weighted by molar-refractivity contribution is 0.0741. The molecule has 4 aromatic rings. The van der Waals surface area contributed by atoms with E-state index in [9.17, 15) is 4.79 Å². The van der Waals surface area contributed by atoms with Gasteiger partial charge in [-0.2, -0.15) is 0 Å². The standard InChI is InChI=1S/C35H50N4OS/c1-7-18-37(8-2)19-11-20-39-32-23-28(35(40)38(21-16-26(3)4)22-17-27(5)6)14-15-31(32)36-34(39)24-29-25-41-33-13-10-9-12-30(29)33/h9-10,12-15,23,25-27H,7-8,11,16-22,24H2,1-6H3. The van der Waals surface area contributed by atoms with Gasteiger partial charge in [-0.1, -0.05) is 59.7 Å². The number of hydrogen-bond donors (Lipinski definition) is 0. The van der Waals surface area contributed by atoms with Gasteiger partial charge in [-0.3, -0.25) is 4.79 Å². The Hall–Kier alpha value is -2.70. The van der Waals surface area contributed by atoms with E-state index in [0.29, 0.717) is 11.8 Å². The highest BCUT2D eigenvalue weighted by atomic mass is 32.1. The Bertz CT molecular complexity index is 1390. The van der Waals surface area contributed by atoms with Crippen molar-refractivity contribution < 1.29 is 4.79 Å². The van der Waals surface area contributed by atoms with E-state index in [-0.39, 0.29) is 5.91 Å². The van der Waals surface area contributed by atoms with E-state index >= 15 is 0 Å². The Labute approximate surface area is 251 Å². The first-order valence-electron chi connectivity index (χ1n) is 15.8. The normalized spacial score (nSPS) is 12.0. The lowest BCUT2D eigenvalue weighted by Gasteiger charge is -2.25. The summed E-state index contributed by atoms with van der Waals surface area (Å²) < 4.78 is 3.71. The summed E-state index contributed by atoms with van der Waals surface area (Å²) in [6.07, 6.45) is 5.07. The fourth-order valence-corrected chi connectivity index (χ4v) is 6.52. The molecule has 0 saturated heterocycles. The fraction of sp³-hybridized carbons (Fsp3) is 0.543. The van der Waals surface area contributed by atoms with E-state index in [2.05, 4.69) is 97.7 Å². The number of imidazole rings is 1. The zero-order valence-corrected chi connectivity index (χ0v) is 27.0. The molecule has 0 fully saturated rings. The van der Waals surface area contributed by atoms with Crippen LogP contribution in [0.5, 0.6) is 0 Å². The average molecular weight is 575 g/mol. The Morgan fingerprint density at radius 2 is 1.68 bits per heavy atom. The number of carbonyl (C=O) groups is 1. The fourth-order valence-electron chi connectivity index (χ4n) is 5.55. The molecule has 6 heteroatoms. The van der Waals surface area contributed by atoms with Gasteiger partial charge in [0.15, 0.2) is 0 Å². The number of aryl methyl sites for hydroxylation is 1. The molecule has 5 nitrogen and oxygen atoms in total. The van der Waals surface area contributed by atoms with Gasteiger partial charge in [0.05, 0.1) is 11.0 Å². The van der Waals surface area contributed by atoms with Gasteiger partial charge in [-0.05, 0) is 97.7 Å². The van der Waals surface area contributed by atoms with Gasteiger partial charge in [0.1, 0.15) is 5.82 Å².